The highest BCUT2D eigenvalue weighted by Crippen LogP contribution is 2.22. The van der Waals surface area contributed by atoms with E-state index < -0.39 is 0 Å². The van der Waals surface area contributed by atoms with Gasteiger partial charge in [-0.25, -0.2) is 5.43 Å². The molecule has 1 amide bonds. The second kappa shape index (κ2) is 10.0. The normalized spacial score (nSPS) is 11.2. The molecule has 0 bridgehead atoms. The molecule has 1 heterocycles. The maximum Gasteiger partial charge on any atom is 0.240 e. The summed E-state index contributed by atoms with van der Waals surface area (Å²) in [5.74, 6) is 0.554. The molecule has 0 spiro atoms. The molecule has 4 nitrogen and oxygen atoms in total. The third kappa shape index (κ3) is 5.89. The first-order valence-corrected chi connectivity index (χ1v) is 10.8. The number of benzene rings is 2. The van der Waals surface area contributed by atoms with Crippen LogP contribution in [0.1, 0.15) is 23.4 Å². The molecule has 1 aromatic heterocycles. The van der Waals surface area contributed by atoms with E-state index in [1.54, 1.807) is 18.0 Å². The third-order valence-corrected chi connectivity index (χ3v) is 5.84. The van der Waals surface area contributed by atoms with Crippen LogP contribution < -0.4 is 5.43 Å². The lowest BCUT2D eigenvalue weighted by atomic mass is 10.2. The number of carbonyl (C=O) groups is 1. The standard InChI is InChI=1S/C22H21Cl2N3OS/c1-15-12-17(16(2)27(15)20-5-3-4-19(24)13-20)14-25-26-22(28)10-11-29-21-8-6-18(23)7-9-21/h3-9,12-14H,10-11H2,1-2H3,(H,26,28)/b25-14+. The van der Waals surface area contributed by atoms with Gasteiger partial charge in [-0.15, -0.1) is 11.8 Å². The van der Waals surface area contributed by atoms with Gasteiger partial charge in [0.05, 0.1) is 6.21 Å². The topological polar surface area (TPSA) is 46.4 Å². The lowest BCUT2D eigenvalue weighted by Crippen LogP contribution is -2.17. The largest absolute Gasteiger partial charge is 0.318 e. The second-order valence-corrected chi connectivity index (χ2v) is 8.53. The Hall–Kier alpha value is -2.21. The first kappa shape index (κ1) is 21.5. The number of halogens is 2. The minimum absolute atomic E-state index is 0.119. The maximum atomic E-state index is 12.0. The molecular formula is C22H21Cl2N3OS. The van der Waals surface area contributed by atoms with Crippen molar-refractivity contribution in [2.75, 3.05) is 5.75 Å². The van der Waals surface area contributed by atoms with Crippen LogP contribution in [-0.2, 0) is 4.79 Å². The Morgan fingerprint density at radius 1 is 1.10 bits per heavy atom. The number of nitrogens with zero attached hydrogens (tertiary/aromatic N) is 2. The molecule has 0 aliphatic rings. The molecule has 0 saturated carbocycles. The van der Waals surface area contributed by atoms with Crippen molar-refractivity contribution in [1.82, 2.24) is 9.99 Å². The van der Waals surface area contributed by atoms with Gasteiger partial charge in [-0.1, -0.05) is 29.3 Å². The molecule has 1 N–H and O–H groups in total. The van der Waals surface area contributed by atoms with Crippen molar-refractivity contribution >= 4 is 47.1 Å². The zero-order chi connectivity index (χ0) is 20.8. The van der Waals surface area contributed by atoms with E-state index in [1.165, 1.54) is 0 Å². The summed E-state index contributed by atoms with van der Waals surface area (Å²) in [5, 5.41) is 5.51. The summed E-state index contributed by atoms with van der Waals surface area (Å²) in [5.41, 5.74) is 6.63. The molecular weight excluding hydrogens is 425 g/mol. The van der Waals surface area contributed by atoms with Crippen LogP contribution in [0.4, 0.5) is 0 Å². The molecule has 29 heavy (non-hydrogen) atoms. The summed E-state index contributed by atoms with van der Waals surface area (Å²) in [6.07, 6.45) is 2.06. The number of hydrogen-bond acceptors (Lipinski definition) is 3. The van der Waals surface area contributed by atoms with Crippen LogP contribution in [0.25, 0.3) is 5.69 Å². The number of nitrogens with one attached hydrogen (secondary N) is 1. The van der Waals surface area contributed by atoms with Gasteiger partial charge in [-0.3, -0.25) is 4.79 Å². The summed E-state index contributed by atoms with van der Waals surface area (Å²) in [7, 11) is 0. The second-order valence-electron chi connectivity index (χ2n) is 6.49. The van der Waals surface area contributed by atoms with E-state index in [1.807, 2.05) is 68.4 Å². The van der Waals surface area contributed by atoms with E-state index in [-0.39, 0.29) is 5.91 Å². The summed E-state index contributed by atoms with van der Waals surface area (Å²) < 4.78 is 2.11. The van der Waals surface area contributed by atoms with Crippen molar-refractivity contribution in [2.24, 2.45) is 5.10 Å². The quantitative estimate of drug-likeness (QED) is 0.274. The summed E-state index contributed by atoms with van der Waals surface area (Å²) in [4.78, 5) is 13.1. The van der Waals surface area contributed by atoms with E-state index in [0.717, 1.165) is 27.5 Å². The van der Waals surface area contributed by atoms with Crippen LogP contribution in [0, 0.1) is 13.8 Å². The van der Waals surface area contributed by atoms with Gasteiger partial charge in [0.2, 0.25) is 5.91 Å². The molecule has 3 aromatic rings. The third-order valence-electron chi connectivity index (χ3n) is 4.34. The first-order valence-electron chi connectivity index (χ1n) is 9.09. The highest BCUT2D eigenvalue weighted by atomic mass is 35.5. The van der Waals surface area contributed by atoms with Gasteiger partial charge >= 0.3 is 0 Å². The minimum Gasteiger partial charge on any atom is -0.318 e. The predicted octanol–water partition coefficient (Wildman–Crippen LogP) is 6.03. The fourth-order valence-corrected chi connectivity index (χ4v) is 4.12. The van der Waals surface area contributed by atoms with E-state index in [0.29, 0.717) is 22.2 Å². The van der Waals surface area contributed by atoms with Crippen LogP contribution in [0.15, 0.2) is 64.6 Å². The zero-order valence-electron chi connectivity index (χ0n) is 16.2. The minimum atomic E-state index is -0.119. The van der Waals surface area contributed by atoms with Gasteiger partial charge in [0, 0.05) is 49.8 Å². The van der Waals surface area contributed by atoms with Gasteiger partial charge in [-0.05, 0) is 62.4 Å². The van der Waals surface area contributed by atoms with Gasteiger partial charge < -0.3 is 4.57 Å². The van der Waals surface area contributed by atoms with Crippen LogP contribution in [0.5, 0.6) is 0 Å². The van der Waals surface area contributed by atoms with Crippen molar-refractivity contribution in [3.63, 3.8) is 0 Å². The zero-order valence-corrected chi connectivity index (χ0v) is 18.5. The van der Waals surface area contributed by atoms with Crippen LogP contribution in [0.2, 0.25) is 10.0 Å². The molecule has 0 atom stereocenters. The fraction of sp³-hybridized carbons (Fsp3) is 0.182. The number of amides is 1. The van der Waals surface area contributed by atoms with Crippen LogP contribution >= 0.6 is 35.0 Å². The molecule has 150 valence electrons. The van der Waals surface area contributed by atoms with Gasteiger partial charge in [-0.2, -0.15) is 5.10 Å². The van der Waals surface area contributed by atoms with Crippen molar-refractivity contribution in [3.05, 3.63) is 81.6 Å². The number of thioether (sulfide) groups is 1. The Balaban J connectivity index is 1.55. The molecule has 7 heteroatoms. The number of hydrogen-bond donors (Lipinski definition) is 1. The Kier molecular flexibility index (Phi) is 7.42. The van der Waals surface area contributed by atoms with Crippen molar-refractivity contribution in [2.45, 2.75) is 25.2 Å². The Labute approximate surface area is 184 Å². The summed E-state index contributed by atoms with van der Waals surface area (Å²) in [6, 6.07) is 17.3. The lowest BCUT2D eigenvalue weighted by molar-refractivity contribution is -0.120. The van der Waals surface area contributed by atoms with E-state index >= 15 is 0 Å². The first-order chi connectivity index (χ1) is 13.9. The highest BCUT2D eigenvalue weighted by molar-refractivity contribution is 7.99. The monoisotopic (exact) mass is 445 g/mol. The van der Waals surface area contributed by atoms with E-state index in [2.05, 4.69) is 15.1 Å². The van der Waals surface area contributed by atoms with Crippen molar-refractivity contribution < 1.29 is 4.79 Å². The van der Waals surface area contributed by atoms with Crippen molar-refractivity contribution in [1.29, 1.82) is 0 Å². The molecule has 0 aliphatic heterocycles. The van der Waals surface area contributed by atoms with Gasteiger partial charge in [0.25, 0.3) is 0 Å². The molecule has 0 aliphatic carbocycles. The van der Waals surface area contributed by atoms with E-state index in [9.17, 15) is 4.79 Å². The molecule has 0 fully saturated rings. The predicted molar refractivity (Wildman–Crippen MR) is 123 cm³/mol. The number of aryl methyl sites for hydroxylation is 1. The molecule has 3 rings (SSSR count). The van der Waals surface area contributed by atoms with Crippen molar-refractivity contribution in [3.8, 4) is 5.69 Å². The number of hydrazone groups is 1. The number of rotatable bonds is 7. The fourth-order valence-electron chi connectivity index (χ4n) is 2.95. The molecule has 2 aromatic carbocycles. The number of carbonyl (C=O) groups excluding carboxylic acids is 1. The van der Waals surface area contributed by atoms with Gasteiger partial charge in [0.1, 0.15) is 0 Å². The highest BCUT2D eigenvalue weighted by Gasteiger charge is 2.10. The average Bonchev–Trinajstić information content (AvgIpc) is 2.97. The van der Waals surface area contributed by atoms with Crippen LogP contribution in [-0.4, -0.2) is 22.4 Å². The molecule has 0 saturated heterocycles. The maximum absolute atomic E-state index is 12.0. The summed E-state index contributed by atoms with van der Waals surface area (Å²) >= 11 is 13.6. The molecule has 0 unspecified atom stereocenters. The van der Waals surface area contributed by atoms with Crippen LogP contribution in [0.3, 0.4) is 0 Å². The number of aromatic nitrogens is 1. The Morgan fingerprint density at radius 3 is 2.59 bits per heavy atom. The molecule has 0 radical (unpaired) electrons. The van der Waals surface area contributed by atoms with E-state index in [4.69, 9.17) is 23.2 Å². The Bertz CT molecular complexity index is 1030. The summed E-state index contributed by atoms with van der Waals surface area (Å²) in [6.45, 7) is 4.04. The Morgan fingerprint density at radius 2 is 1.86 bits per heavy atom. The lowest BCUT2D eigenvalue weighted by Gasteiger charge is -2.09. The average molecular weight is 446 g/mol. The van der Waals surface area contributed by atoms with Gasteiger partial charge in [0.15, 0.2) is 0 Å². The SMILES string of the molecule is Cc1cc(/C=N/NC(=O)CCSc2ccc(Cl)cc2)c(C)n1-c1cccc(Cl)c1. The smallest absolute Gasteiger partial charge is 0.240 e.